The van der Waals surface area contributed by atoms with Crippen LogP contribution in [0.1, 0.15) is 30.6 Å². The van der Waals surface area contributed by atoms with E-state index in [0.717, 1.165) is 25.6 Å². The molecule has 4 N–H and O–H groups in total. The fourth-order valence-electron chi connectivity index (χ4n) is 2.42. The first-order valence-electron chi connectivity index (χ1n) is 9.15. The second-order valence-corrected chi connectivity index (χ2v) is 6.29. The Morgan fingerprint density at radius 1 is 1.29 bits per heavy atom. The maximum atomic E-state index is 12.4. The van der Waals surface area contributed by atoms with Gasteiger partial charge in [-0.15, -0.1) is 0 Å². The number of rotatable bonds is 9. The van der Waals surface area contributed by atoms with Gasteiger partial charge in [-0.2, -0.15) is 5.10 Å². The lowest BCUT2D eigenvalue weighted by atomic mass is 10.1. The van der Waals surface area contributed by atoms with Crippen molar-refractivity contribution in [2.24, 2.45) is 0 Å². The number of hydrogen-bond donors (Lipinski definition) is 4. The van der Waals surface area contributed by atoms with E-state index in [2.05, 4.69) is 20.4 Å². The third-order valence-corrected chi connectivity index (χ3v) is 4.20. The number of carbonyl (C=O) groups excluding carboxylic acids is 1. The lowest BCUT2D eigenvalue weighted by molar-refractivity contribution is 0.0952. The first-order valence-corrected chi connectivity index (χ1v) is 9.52. The van der Waals surface area contributed by atoms with E-state index in [1.807, 2.05) is 20.9 Å². The normalized spacial score (nSPS) is 10.5. The monoisotopic (exact) mass is 412 g/mol. The molecular formula is C19H29ClN4O4. The van der Waals surface area contributed by atoms with E-state index >= 15 is 0 Å². The van der Waals surface area contributed by atoms with Crippen LogP contribution < -0.4 is 5.32 Å². The Kier molecular flexibility index (Phi) is 10.4. The molecule has 9 heteroatoms. The summed E-state index contributed by atoms with van der Waals surface area (Å²) in [7, 11) is 3.65. The van der Waals surface area contributed by atoms with Crippen molar-refractivity contribution in [1.29, 1.82) is 0 Å². The third kappa shape index (κ3) is 6.70. The summed E-state index contributed by atoms with van der Waals surface area (Å²) >= 11 is 5.89. The van der Waals surface area contributed by atoms with E-state index in [4.69, 9.17) is 16.3 Å². The van der Waals surface area contributed by atoms with Crippen molar-refractivity contribution in [2.45, 2.75) is 20.3 Å². The fraction of sp³-hybridized carbons (Fsp3) is 0.474. The van der Waals surface area contributed by atoms with Crippen LogP contribution in [0.2, 0.25) is 5.02 Å². The summed E-state index contributed by atoms with van der Waals surface area (Å²) in [6.45, 7) is 6.83. The van der Waals surface area contributed by atoms with E-state index < -0.39 is 0 Å². The lowest BCUT2D eigenvalue weighted by Crippen LogP contribution is -2.29. The van der Waals surface area contributed by atoms with Crippen LogP contribution in [-0.2, 0) is 4.74 Å². The van der Waals surface area contributed by atoms with Crippen molar-refractivity contribution in [3.8, 4) is 22.8 Å². The quantitative estimate of drug-likeness (QED) is 0.471. The number of halogens is 1. The van der Waals surface area contributed by atoms with E-state index in [-0.39, 0.29) is 33.6 Å². The third-order valence-electron chi connectivity index (χ3n) is 3.90. The molecule has 1 heterocycles. The topological polar surface area (TPSA) is 111 Å². The second kappa shape index (κ2) is 12.2. The van der Waals surface area contributed by atoms with Crippen molar-refractivity contribution in [3.05, 3.63) is 28.9 Å². The Labute approximate surface area is 170 Å². The average Bonchev–Trinajstić information content (AvgIpc) is 3.17. The van der Waals surface area contributed by atoms with Gasteiger partial charge < -0.3 is 25.2 Å². The molecule has 2 rings (SSSR count). The van der Waals surface area contributed by atoms with Gasteiger partial charge in [-0.1, -0.05) is 25.4 Å². The van der Waals surface area contributed by atoms with Crippen LogP contribution in [0.25, 0.3) is 11.3 Å². The number of benzene rings is 1. The predicted octanol–water partition coefficient (Wildman–Crippen LogP) is 2.87. The van der Waals surface area contributed by atoms with Crippen LogP contribution in [0.4, 0.5) is 0 Å². The summed E-state index contributed by atoms with van der Waals surface area (Å²) in [6.07, 6.45) is 2.17. The zero-order chi connectivity index (χ0) is 21.1. The highest BCUT2D eigenvalue weighted by molar-refractivity contribution is 6.32. The number of nitrogens with one attached hydrogen (secondary N) is 2. The summed E-state index contributed by atoms with van der Waals surface area (Å²) in [4.78, 5) is 14.5. The first-order chi connectivity index (χ1) is 13.4. The molecular weight excluding hydrogens is 384 g/mol. The number of carbonyl (C=O) groups is 1. The zero-order valence-corrected chi connectivity index (χ0v) is 17.5. The minimum absolute atomic E-state index is 0.0675. The number of H-pyrrole nitrogens is 1. The molecule has 2 aromatic rings. The van der Waals surface area contributed by atoms with Gasteiger partial charge in [0, 0.05) is 31.8 Å². The maximum absolute atomic E-state index is 12.4. The standard InChI is InChI=1S/C17H23ClN4O4.C2H6/c1-22(6-7-26-2)5-3-4-19-17(25)12-10-20-21-16(12)11-8-13(18)15(24)9-14(11)23;1-2/h8-10,23-24H,3-7H2,1-2H3,(H,19,25)(H,20,21);1-2H3. The summed E-state index contributed by atoms with van der Waals surface area (Å²) in [5.41, 5.74) is 0.906. The van der Waals surface area contributed by atoms with Crippen molar-refractivity contribution in [2.75, 3.05) is 40.4 Å². The van der Waals surface area contributed by atoms with Crippen LogP contribution in [0.5, 0.6) is 11.5 Å². The van der Waals surface area contributed by atoms with Gasteiger partial charge in [0.05, 0.1) is 29.1 Å². The molecule has 0 aliphatic rings. The summed E-state index contributed by atoms with van der Waals surface area (Å²) in [6, 6.07) is 2.50. The minimum atomic E-state index is -0.308. The molecule has 0 radical (unpaired) electrons. The Balaban J connectivity index is 0.00000190. The van der Waals surface area contributed by atoms with Crippen LogP contribution in [0.3, 0.4) is 0 Å². The Bertz CT molecular complexity index is 752. The van der Waals surface area contributed by atoms with Crippen LogP contribution in [0, 0.1) is 0 Å². The average molecular weight is 413 g/mol. The van der Waals surface area contributed by atoms with E-state index in [1.165, 1.54) is 12.3 Å². The van der Waals surface area contributed by atoms with Gasteiger partial charge >= 0.3 is 0 Å². The molecule has 8 nitrogen and oxygen atoms in total. The number of nitrogens with zero attached hydrogens (tertiary/aromatic N) is 2. The van der Waals surface area contributed by atoms with Crippen LogP contribution in [0.15, 0.2) is 18.3 Å². The van der Waals surface area contributed by atoms with Gasteiger partial charge in [0.15, 0.2) is 0 Å². The van der Waals surface area contributed by atoms with Crippen LogP contribution in [-0.4, -0.2) is 71.6 Å². The minimum Gasteiger partial charge on any atom is -0.507 e. The molecule has 0 aliphatic heterocycles. The van der Waals surface area contributed by atoms with E-state index in [9.17, 15) is 15.0 Å². The van der Waals surface area contributed by atoms with Crippen molar-refractivity contribution >= 4 is 17.5 Å². The number of amides is 1. The molecule has 1 amide bonds. The number of aromatic nitrogens is 2. The molecule has 0 saturated carbocycles. The number of methoxy groups -OCH3 is 1. The van der Waals surface area contributed by atoms with Crippen molar-refractivity contribution in [3.63, 3.8) is 0 Å². The predicted molar refractivity (Wildman–Crippen MR) is 110 cm³/mol. The number of hydrogen-bond acceptors (Lipinski definition) is 6. The number of aromatic amines is 1. The number of ether oxygens (including phenoxy) is 1. The molecule has 0 atom stereocenters. The number of likely N-dealkylation sites (N-methyl/N-ethyl adjacent to an activating group) is 1. The fourth-order valence-corrected chi connectivity index (χ4v) is 2.58. The molecule has 1 aromatic carbocycles. The molecule has 0 saturated heterocycles. The lowest BCUT2D eigenvalue weighted by Gasteiger charge is -2.15. The van der Waals surface area contributed by atoms with Gasteiger partial charge in [0.1, 0.15) is 11.5 Å². The van der Waals surface area contributed by atoms with Crippen molar-refractivity contribution in [1.82, 2.24) is 20.4 Å². The molecule has 0 aliphatic carbocycles. The molecule has 156 valence electrons. The highest BCUT2D eigenvalue weighted by Crippen LogP contribution is 2.37. The summed E-state index contributed by atoms with van der Waals surface area (Å²) < 4.78 is 5.02. The zero-order valence-electron chi connectivity index (χ0n) is 16.8. The molecule has 0 unspecified atom stereocenters. The van der Waals surface area contributed by atoms with Gasteiger partial charge in [0.25, 0.3) is 5.91 Å². The van der Waals surface area contributed by atoms with Crippen molar-refractivity contribution < 1.29 is 19.7 Å². The van der Waals surface area contributed by atoms with E-state index in [0.29, 0.717) is 18.8 Å². The number of phenolic OH excluding ortho intramolecular Hbond substituents is 2. The summed E-state index contributed by atoms with van der Waals surface area (Å²) in [5.74, 6) is -0.752. The highest BCUT2D eigenvalue weighted by Gasteiger charge is 2.19. The van der Waals surface area contributed by atoms with Gasteiger partial charge in [0.2, 0.25) is 0 Å². The highest BCUT2D eigenvalue weighted by atomic mass is 35.5. The van der Waals surface area contributed by atoms with Crippen LogP contribution >= 0.6 is 11.6 Å². The molecule has 28 heavy (non-hydrogen) atoms. The first kappa shape index (κ1) is 23.7. The Morgan fingerprint density at radius 2 is 2.00 bits per heavy atom. The number of phenols is 2. The van der Waals surface area contributed by atoms with Gasteiger partial charge in [-0.3, -0.25) is 9.89 Å². The Morgan fingerprint density at radius 3 is 2.68 bits per heavy atom. The molecule has 0 fully saturated rings. The maximum Gasteiger partial charge on any atom is 0.255 e. The molecule has 0 spiro atoms. The molecule has 0 bridgehead atoms. The summed E-state index contributed by atoms with van der Waals surface area (Å²) in [5, 5.41) is 29.0. The number of aromatic hydroxyl groups is 2. The molecule has 1 aromatic heterocycles. The van der Waals surface area contributed by atoms with Gasteiger partial charge in [-0.05, 0) is 26.1 Å². The van der Waals surface area contributed by atoms with E-state index in [1.54, 1.807) is 7.11 Å². The Hall–Kier alpha value is -2.29. The second-order valence-electron chi connectivity index (χ2n) is 5.88. The van der Waals surface area contributed by atoms with Gasteiger partial charge in [-0.25, -0.2) is 0 Å². The largest absolute Gasteiger partial charge is 0.507 e. The SMILES string of the molecule is CC.COCCN(C)CCCNC(=O)c1cn[nH]c1-c1cc(Cl)c(O)cc1O. The smallest absolute Gasteiger partial charge is 0.255 e.